The summed E-state index contributed by atoms with van der Waals surface area (Å²) in [6.45, 7) is 0.673. The molecule has 1 saturated heterocycles. The molecule has 2 heterocycles. The van der Waals surface area contributed by atoms with Crippen molar-refractivity contribution in [3.05, 3.63) is 53.6 Å². The van der Waals surface area contributed by atoms with E-state index in [0.717, 1.165) is 12.1 Å². The van der Waals surface area contributed by atoms with E-state index in [4.69, 9.17) is 9.47 Å². The molecule has 0 radical (unpaired) electrons. The van der Waals surface area contributed by atoms with Crippen molar-refractivity contribution in [1.29, 1.82) is 0 Å². The molecule has 2 aliphatic heterocycles. The lowest BCUT2D eigenvalue weighted by Crippen LogP contribution is -2.32. The SMILES string of the molecule is O=C(NCC1CC(=O)N(c2ccc3c(c2)OCO3)C1)c1c(F)cccc1F. The van der Waals surface area contributed by atoms with Gasteiger partial charge in [0.15, 0.2) is 11.5 Å². The van der Waals surface area contributed by atoms with Gasteiger partial charge in [-0.05, 0) is 24.3 Å². The number of rotatable bonds is 4. The highest BCUT2D eigenvalue weighted by Crippen LogP contribution is 2.37. The third-order valence-electron chi connectivity index (χ3n) is 4.61. The van der Waals surface area contributed by atoms with Crippen molar-refractivity contribution in [1.82, 2.24) is 5.32 Å². The Hall–Kier alpha value is -3.16. The first kappa shape index (κ1) is 17.3. The minimum absolute atomic E-state index is 0.0924. The van der Waals surface area contributed by atoms with Crippen LogP contribution in [0.1, 0.15) is 16.8 Å². The molecule has 0 aromatic heterocycles. The number of halogens is 2. The van der Waals surface area contributed by atoms with E-state index in [9.17, 15) is 18.4 Å². The van der Waals surface area contributed by atoms with Crippen LogP contribution in [0.3, 0.4) is 0 Å². The maximum absolute atomic E-state index is 13.7. The van der Waals surface area contributed by atoms with Crippen LogP contribution in [0.4, 0.5) is 14.5 Å². The third-order valence-corrected chi connectivity index (χ3v) is 4.61. The van der Waals surface area contributed by atoms with Gasteiger partial charge in [-0.1, -0.05) is 6.07 Å². The topological polar surface area (TPSA) is 67.9 Å². The highest BCUT2D eigenvalue weighted by atomic mass is 19.1. The highest BCUT2D eigenvalue weighted by molar-refractivity contribution is 5.97. The summed E-state index contributed by atoms with van der Waals surface area (Å²) >= 11 is 0. The van der Waals surface area contributed by atoms with Crippen molar-refractivity contribution in [2.24, 2.45) is 5.92 Å². The van der Waals surface area contributed by atoms with E-state index >= 15 is 0 Å². The second-order valence-electron chi connectivity index (χ2n) is 6.42. The summed E-state index contributed by atoms with van der Waals surface area (Å²) in [5.74, 6) is -1.73. The van der Waals surface area contributed by atoms with Crippen molar-refractivity contribution < 1.29 is 27.8 Å². The predicted molar refractivity (Wildman–Crippen MR) is 91.7 cm³/mol. The minimum atomic E-state index is -0.919. The first-order valence-electron chi connectivity index (χ1n) is 8.45. The van der Waals surface area contributed by atoms with Gasteiger partial charge in [0.2, 0.25) is 12.7 Å². The van der Waals surface area contributed by atoms with E-state index < -0.39 is 23.1 Å². The van der Waals surface area contributed by atoms with E-state index in [2.05, 4.69) is 5.32 Å². The minimum Gasteiger partial charge on any atom is -0.454 e. The molecule has 4 rings (SSSR count). The predicted octanol–water partition coefficient (Wildman–Crippen LogP) is 2.48. The fourth-order valence-electron chi connectivity index (χ4n) is 3.26. The van der Waals surface area contributed by atoms with Gasteiger partial charge in [0.1, 0.15) is 17.2 Å². The zero-order valence-electron chi connectivity index (χ0n) is 14.2. The number of anilines is 1. The molecule has 8 heteroatoms. The largest absolute Gasteiger partial charge is 0.454 e. The Labute approximate surface area is 153 Å². The van der Waals surface area contributed by atoms with Crippen molar-refractivity contribution in [3.63, 3.8) is 0 Å². The van der Waals surface area contributed by atoms with Crippen molar-refractivity contribution >= 4 is 17.5 Å². The van der Waals surface area contributed by atoms with Gasteiger partial charge in [-0.3, -0.25) is 9.59 Å². The molecule has 2 aromatic carbocycles. The first-order valence-corrected chi connectivity index (χ1v) is 8.45. The molecule has 6 nitrogen and oxygen atoms in total. The second-order valence-corrected chi connectivity index (χ2v) is 6.42. The van der Waals surface area contributed by atoms with E-state index in [1.165, 1.54) is 6.07 Å². The zero-order valence-corrected chi connectivity index (χ0v) is 14.2. The fraction of sp³-hybridized carbons (Fsp3) is 0.263. The van der Waals surface area contributed by atoms with Crippen molar-refractivity contribution in [3.8, 4) is 11.5 Å². The number of fused-ring (bicyclic) bond motifs is 1. The van der Waals surface area contributed by atoms with Crippen molar-refractivity contribution in [2.75, 3.05) is 24.8 Å². The van der Waals surface area contributed by atoms with E-state index in [0.29, 0.717) is 23.7 Å². The molecule has 2 aromatic rings. The summed E-state index contributed by atoms with van der Waals surface area (Å²) in [7, 11) is 0. The van der Waals surface area contributed by atoms with Crippen LogP contribution in [0.15, 0.2) is 36.4 Å². The lowest BCUT2D eigenvalue weighted by molar-refractivity contribution is -0.117. The number of nitrogens with one attached hydrogen (secondary N) is 1. The van der Waals surface area contributed by atoms with Crippen LogP contribution < -0.4 is 19.7 Å². The second kappa shape index (κ2) is 6.86. The molecule has 0 bridgehead atoms. The van der Waals surface area contributed by atoms with Gasteiger partial charge in [0.25, 0.3) is 5.91 Å². The van der Waals surface area contributed by atoms with Gasteiger partial charge in [-0.15, -0.1) is 0 Å². The van der Waals surface area contributed by atoms with Crippen LogP contribution in [0.25, 0.3) is 0 Å². The van der Waals surface area contributed by atoms with E-state index in [1.54, 1.807) is 23.1 Å². The molecule has 0 spiro atoms. The average molecular weight is 374 g/mol. The number of nitrogens with zero attached hydrogens (tertiary/aromatic N) is 1. The van der Waals surface area contributed by atoms with Gasteiger partial charge in [0, 0.05) is 37.2 Å². The van der Waals surface area contributed by atoms with Crippen LogP contribution in [0.5, 0.6) is 11.5 Å². The molecular weight excluding hydrogens is 358 g/mol. The van der Waals surface area contributed by atoms with Crippen LogP contribution >= 0.6 is 0 Å². The molecular formula is C19H16F2N2O4. The summed E-state index contributed by atoms with van der Waals surface area (Å²) in [6.07, 6.45) is 0.231. The van der Waals surface area contributed by atoms with Crippen LogP contribution in [-0.4, -0.2) is 31.7 Å². The summed E-state index contributed by atoms with van der Waals surface area (Å²) in [4.78, 5) is 26.0. The smallest absolute Gasteiger partial charge is 0.257 e. The van der Waals surface area contributed by atoms with Crippen LogP contribution in [0, 0.1) is 17.6 Å². The molecule has 2 amide bonds. The van der Waals surface area contributed by atoms with Crippen LogP contribution in [-0.2, 0) is 4.79 Å². The monoisotopic (exact) mass is 374 g/mol. The molecule has 1 atom stereocenters. The lowest BCUT2D eigenvalue weighted by atomic mass is 10.1. The Bertz CT molecular complexity index is 898. The van der Waals surface area contributed by atoms with E-state index in [-0.39, 0.29) is 31.6 Å². The Kier molecular flexibility index (Phi) is 4.39. The summed E-state index contributed by atoms with van der Waals surface area (Å²) in [5, 5.41) is 2.51. The van der Waals surface area contributed by atoms with Crippen LogP contribution in [0.2, 0.25) is 0 Å². The lowest BCUT2D eigenvalue weighted by Gasteiger charge is -2.17. The number of carbonyl (C=O) groups excluding carboxylic acids is 2. The molecule has 0 saturated carbocycles. The maximum Gasteiger partial charge on any atom is 0.257 e. The Balaban J connectivity index is 1.40. The molecule has 1 N–H and O–H groups in total. The third kappa shape index (κ3) is 3.30. The number of hydrogen-bond donors (Lipinski definition) is 1. The van der Waals surface area contributed by atoms with Crippen molar-refractivity contribution in [2.45, 2.75) is 6.42 Å². The average Bonchev–Trinajstić information content (AvgIpc) is 3.25. The number of hydrogen-bond acceptors (Lipinski definition) is 4. The quantitative estimate of drug-likeness (QED) is 0.893. The normalized spacial score (nSPS) is 18.1. The fourth-order valence-corrected chi connectivity index (χ4v) is 3.26. The molecule has 1 fully saturated rings. The first-order chi connectivity index (χ1) is 13.0. The van der Waals surface area contributed by atoms with Gasteiger partial charge in [-0.25, -0.2) is 8.78 Å². The Morgan fingerprint density at radius 3 is 2.67 bits per heavy atom. The zero-order chi connectivity index (χ0) is 19.0. The number of amides is 2. The molecule has 140 valence electrons. The molecule has 2 aliphatic rings. The molecule has 0 aliphatic carbocycles. The number of benzene rings is 2. The van der Waals surface area contributed by atoms with E-state index in [1.807, 2.05) is 0 Å². The summed E-state index contributed by atoms with van der Waals surface area (Å²) < 4.78 is 37.9. The highest BCUT2D eigenvalue weighted by Gasteiger charge is 2.32. The standard InChI is InChI=1S/C19H16F2N2O4/c20-13-2-1-3-14(21)18(13)19(25)22-8-11-6-17(24)23(9-11)12-4-5-15-16(7-12)27-10-26-15/h1-5,7,11H,6,8-10H2,(H,22,25). The Morgan fingerprint density at radius 1 is 1.15 bits per heavy atom. The number of carbonyl (C=O) groups is 2. The summed E-state index contributed by atoms with van der Waals surface area (Å²) in [5.41, 5.74) is 0.0627. The molecule has 27 heavy (non-hydrogen) atoms. The van der Waals surface area contributed by atoms with Gasteiger partial charge >= 0.3 is 0 Å². The van der Waals surface area contributed by atoms with Gasteiger partial charge in [-0.2, -0.15) is 0 Å². The number of ether oxygens (including phenoxy) is 2. The van der Waals surface area contributed by atoms with Gasteiger partial charge < -0.3 is 19.7 Å². The maximum atomic E-state index is 13.7. The van der Waals surface area contributed by atoms with Gasteiger partial charge in [0.05, 0.1) is 0 Å². The Morgan fingerprint density at radius 2 is 1.89 bits per heavy atom. The molecule has 1 unspecified atom stereocenters. The summed E-state index contributed by atoms with van der Waals surface area (Å²) in [6, 6.07) is 8.48.